The smallest absolute Gasteiger partial charge is 0.303 e. The molecule has 2 aromatic carbocycles. The Morgan fingerprint density at radius 3 is 2.29 bits per heavy atom. The standard InChI is InChI=1S/C34H42N2O5S/c1-33(2)26-16-10-12-18-28(26)35(23-14-6-9-22-32(37)38)30(33)20-7-5-8-21-31-34(3,4)27-17-11-13-19-29(27)36(31)24-15-25-42(39,40)41/h5,7-8,10-13,16-21H,6,9,14-15,22-25H2,1-4H3,(H-,37,38,39,40,41)/p+1. The minimum absolute atomic E-state index is 0.167. The van der Waals surface area contributed by atoms with Crippen LogP contribution in [0.2, 0.25) is 0 Å². The zero-order chi connectivity index (χ0) is 30.5. The number of anilines is 1. The number of rotatable bonds is 13. The largest absolute Gasteiger partial charge is 0.481 e. The predicted molar refractivity (Wildman–Crippen MR) is 170 cm³/mol. The van der Waals surface area contributed by atoms with Gasteiger partial charge in [0.15, 0.2) is 5.71 Å². The van der Waals surface area contributed by atoms with Crippen molar-refractivity contribution >= 4 is 33.2 Å². The lowest BCUT2D eigenvalue weighted by atomic mass is 9.81. The van der Waals surface area contributed by atoms with Crippen molar-refractivity contribution in [2.45, 2.75) is 70.6 Å². The fourth-order valence-corrected chi connectivity index (χ4v) is 6.74. The summed E-state index contributed by atoms with van der Waals surface area (Å²) in [6.45, 7) is 10.1. The van der Waals surface area contributed by atoms with Crippen molar-refractivity contribution < 1.29 is 27.4 Å². The van der Waals surface area contributed by atoms with Gasteiger partial charge >= 0.3 is 5.97 Å². The lowest BCUT2D eigenvalue weighted by Gasteiger charge is -2.27. The van der Waals surface area contributed by atoms with Gasteiger partial charge in [0, 0.05) is 53.9 Å². The number of hydrogen-bond acceptors (Lipinski definition) is 4. The zero-order valence-electron chi connectivity index (χ0n) is 25.1. The summed E-state index contributed by atoms with van der Waals surface area (Å²) in [6, 6.07) is 16.7. The SMILES string of the molecule is CC1(C)C(/C=C/C=C/C=C2/N(CCCCCC(=O)O)c3ccccc3C2(C)C)=[N+](CCCS(=O)(=O)O)c2ccccc21. The maximum absolute atomic E-state index is 11.3. The molecule has 2 heterocycles. The molecular formula is C34H43N2O5S+. The molecule has 2 aromatic rings. The Morgan fingerprint density at radius 2 is 1.57 bits per heavy atom. The lowest BCUT2D eigenvalue weighted by molar-refractivity contribution is -0.437. The number of carboxylic acids is 1. The van der Waals surface area contributed by atoms with Crippen molar-refractivity contribution in [2.24, 2.45) is 0 Å². The van der Waals surface area contributed by atoms with Gasteiger partial charge in [-0.25, -0.2) is 0 Å². The van der Waals surface area contributed by atoms with E-state index in [1.54, 1.807) is 0 Å². The first kappa shape index (κ1) is 31.4. The molecule has 7 nitrogen and oxygen atoms in total. The van der Waals surface area contributed by atoms with E-state index in [0.29, 0.717) is 19.4 Å². The topological polar surface area (TPSA) is 97.9 Å². The van der Waals surface area contributed by atoms with Crippen LogP contribution in [-0.2, 0) is 25.7 Å². The predicted octanol–water partition coefficient (Wildman–Crippen LogP) is 6.78. The van der Waals surface area contributed by atoms with E-state index in [1.165, 1.54) is 22.5 Å². The number of carboxylic acid groups (broad SMARTS) is 1. The molecule has 0 amide bonds. The Kier molecular flexibility index (Phi) is 9.58. The van der Waals surface area contributed by atoms with Gasteiger partial charge in [0.1, 0.15) is 6.54 Å². The van der Waals surface area contributed by atoms with E-state index < -0.39 is 16.1 Å². The Bertz CT molecular complexity index is 1550. The first-order valence-corrected chi connectivity index (χ1v) is 16.3. The third kappa shape index (κ3) is 6.93. The second kappa shape index (κ2) is 12.8. The molecule has 0 fully saturated rings. The van der Waals surface area contributed by atoms with Crippen LogP contribution in [0.15, 0.2) is 84.6 Å². The molecule has 0 atom stereocenters. The van der Waals surface area contributed by atoms with Crippen LogP contribution in [0.5, 0.6) is 0 Å². The number of aliphatic carboxylic acids is 1. The van der Waals surface area contributed by atoms with Crippen LogP contribution >= 0.6 is 0 Å². The number of nitrogens with zero attached hydrogens (tertiary/aromatic N) is 2. The van der Waals surface area contributed by atoms with Crippen LogP contribution in [-0.4, -0.2) is 53.2 Å². The van der Waals surface area contributed by atoms with Crippen molar-refractivity contribution in [1.82, 2.24) is 0 Å². The molecule has 0 aliphatic carbocycles. The van der Waals surface area contributed by atoms with E-state index in [1.807, 2.05) is 24.3 Å². The Morgan fingerprint density at radius 1 is 0.881 bits per heavy atom. The van der Waals surface area contributed by atoms with Crippen LogP contribution in [0.25, 0.3) is 0 Å². The van der Waals surface area contributed by atoms with Gasteiger partial charge in [0.25, 0.3) is 10.1 Å². The number of para-hydroxylation sites is 2. The van der Waals surface area contributed by atoms with Crippen molar-refractivity contribution in [3.8, 4) is 0 Å². The zero-order valence-corrected chi connectivity index (χ0v) is 25.9. The first-order chi connectivity index (χ1) is 19.8. The first-order valence-electron chi connectivity index (χ1n) is 14.7. The lowest BCUT2D eigenvalue weighted by Crippen LogP contribution is -2.28. The van der Waals surface area contributed by atoms with Crippen LogP contribution in [0.4, 0.5) is 11.4 Å². The van der Waals surface area contributed by atoms with Crippen molar-refractivity contribution in [2.75, 3.05) is 23.7 Å². The van der Waals surface area contributed by atoms with Gasteiger partial charge in [-0.1, -0.05) is 74.9 Å². The Hall–Kier alpha value is -3.49. The molecule has 0 aromatic heterocycles. The number of unbranched alkanes of at least 4 members (excludes halogenated alkanes) is 2. The highest BCUT2D eigenvalue weighted by molar-refractivity contribution is 7.85. The number of allylic oxidation sites excluding steroid dienone is 6. The molecule has 224 valence electrons. The average Bonchev–Trinajstić information content (AvgIpc) is 3.27. The van der Waals surface area contributed by atoms with Crippen LogP contribution in [0, 0.1) is 0 Å². The van der Waals surface area contributed by atoms with Gasteiger partial charge in [0.05, 0.1) is 11.2 Å². The molecule has 0 saturated carbocycles. The molecule has 0 spiro atoms. The Labute approximate surface area is 250 Å². The van der Waals surface area contributed by atoms with Gasteiger partial charge in [-0.15, -0.1) is 0 Å². The minimum Gasteiger partial charge on any atom is -0.481 e. The van der Waals surface area contributed by atoms with E-state index in [2.05, 4.69) is 91.8 Å². The summed E-state index contributed by atoms with van der Waals surface area (Å²) in [5, 5.41) is 8.96. The molecule has 4 rings (SSSR count). The monoisotopic (exact) mass is 591 g/mol. The second-order valence-electron chi connectivity index (χ2n) is 12.1. The second-order valence-corrected chi connectivity index (χ2v) is 13.7. The minimum atomic E-state index is -4.02. The van der Waals surface area contributed by atoms with Crippen LogP contribution in [0.1, 0.15) is 70.9 Å². The summed E-state index contributed by atoms with van der Waals surface area (Å²) in [5.41, 5.74) is 6.60. The third-order valence-corrected chi connectivity index (χ3v) is 9.19. The molecule has 0 radical (unpaired) electrons. The fourth-order valence-electron chi connectivity index (χ4n) is 6.25. The van der Waals surface area contributed by atoms with E-state index >= 15 is 0 Å². The van der Waals surface area contributed by atoms with Crippen molar-refractivity contribution in [1.29, 1.82) is 0 Å². The molecule has 0 bridgehead atoms. The normalized spacial score (nSPS) is 18.4. The summed E-state index contributed by atoms with van der Waals surface area (Å²) in [7, 11) is -4.02. The van der Waals surface area contributed by atoms with Gasteiger partial charge < -0.3 is 10.0 Å². The van der Waals surface area contributed by atoms with E-state index in [0.717, 1.165) is 30.8 Å². The number of hydrogen-bond donors (Lipinski definition) is 2. The maximum Gasteiger partial charge on any atom is 0.303 e. The van der Waals surface area contributed by atoms with Gasteiger partial charge in [-0.3, -0.25) is 9.35 Å². The van der Waals surface area contributed by atoms with E-state index in [4.69, 9.17) is 5.11 Å². The number of fused-ring (bicyclic) bond motifs is 2. The highest BCUT2D eigenvalue weighted by atomic mass is 32.2. The van der Waals surface area contributed by atoms with Crippen molar-refractivity contribution in [3.05, 3.63) is 95.7 Å². The summed E-state index contributed by atoms with van der Waals surface area (Å²) < 4.78 is 34.1. The molecule has 8 heteroatoms. The van der Waals surface area contributed by atoms with E-state index in [9.17, 15) is 17.8 Å². The van der Waals surface area contributed by atoms with Crippen LogP contribution < -0.4 is 4.90 Å². The molecular weight excluding hydrogens is 548 g/mol. The highest BCUT2D eigenvalue weighted by Crippen LogP contribution is 2.47. The molecule has 2 N–H and O–H groups in total. The maximum atomic E-state index is 11.3. The summed E-state index contributed by atoms with van der Waals surface area (Å²) in [4.78, 5) is 13.3. The van der Waals surface area contributed by atoms with E-state index in [-0.39, 0.29) is 23.0 Å². The van der Waals surface area contributed by atoms with Gasteiger partial charge in [-0.2, -0.15) is 13.0 Å². The Balaban J connectivity index is 1.56. The number of carbonyl (C=O) groups is 1. The molecule has 2 aliphatic rings. The molecule has 0 unspecified atom stereocenters. The van der Waals surface area contributed by atoms with Crippen LogP contribution in [0.3, 0.4) is 0 Å². The van der Waals surface area contributed by atoms with Crippen molar-refractivity contribution in [3.63, 3.8) is 0 Å². The fraction of sp³-hybridized carbons (Fsp3) is 0.412. The molecule has 0 saturated heterocycles. The summed E-state index contributed by atoms with van der Waals surface area (Å²) in [5.74, 6) is -1.02. The average molecular weight is 592 g/mol. The molecule has 42 heavy (non-hydrogen) atoms. The summed E-state index contributed by atoms with van der Waals surface area (Å²) >= 11 is 0. The van der Waals surface area contributed by atoms with Gasteiger partial charge in [0.2, 0.25) is 5.69 Å². The van der Waals surface area contributed by atoms with Gasteiger partial charge in [-0.05, 0) is 44.4 Å². The third-order valence-electron chi connectivity index (χ3n) is 8.39. The highest BCUT2D eigenvalue weighted by Gasteiger charge is 2.44. The number of benzene rings is 2. The summed E-state index contributed by atoms with van der Waals surface area (Å²) in [6.07, 6.45) is 13.4. The quantitative estimate of drug-likeness (QED) is 0.115. The molecule has 2 aliphatic heterocycles.